The highest BCUT2D eigenvalue weighted by molar-refractivity contribution is 5.76. The molecule has 2 atom stereocenters. The third-order valence-electron chi connectivity index (χ3n) is 10.4. The summed E-state index contributed by atoms with van der Waals surface area (Å²) in [6.07, 6.45) is 51.0. The molecule has 6 nitrogen and oxygen atoms in total. The molecule has 0 bridgehead atoms. The molecule has 0 rings (SSSR count). The topological polar surface area (TPSA) is 95.9 Å². The summed E-state index contributed by atoms with van der Waals surface area (Å²) in [4.78, 5) is 24.4. The summed E-state index contributed by atoms with van der Waals surface area (Å²) in [5.74, 6) is -0.103. The number of rotatable bonds is 42. The van der Waals surface area contributed by atoms with Gasteiger partial charge in [0.1, 0.15) is 0 Å². The molecule has 0 aliphatic carbocycles. The van der Waals surface area contributed by atoms with Crippen LogP contribution in [-0.2, 0) is 14.3 Å². The fourth-order valence-corrected chi connectivity index (χ4v) is 6.79. The van der Waals surface area contributed by atoms with Crippen molar-refractivity contribution in [2.45, 2.75) is 244 Å². The van der Waals surface area contributed by atoms with Gasteiger partial charge in [-0.15, -0.1) is 0 Å². The van der Waals surface area contributed by atoms with Gasteiger partial charge < -0.3 is 20.3 Å². The zero-order chi connectivity index (χ0) is 39.4. The molecular formula is C48H89NO5. The van der Waals surface area contributed by atoms with Crippen LogP contribution >= 0.6 is 0 Å². The third kappa shape index (κ3) is 39.8. The van der Waals surface area contributed by atoms with Gasteiger partial charge in [0.15, 0.2) is 0 Å². The first kappa shape index (κ1) is 52.1. The maximum absolute atomic E-state index is 12.4. The number of unbranched alkanes of at least 4 members (excludes halogenated alkanes) is 25. The lowest BCUT2D eigenvalue weighted by molar-refractivity contribution is -0.143. The molecule has 0 aromatic rings. The minimum Gasteiger partial charge on any atom is -0.466 e. The number of hydrogen-bond acceptors (Lipinski definition) is 5. The molecule has 0 radical (unpaired) electrons. The zero-order valence-corrected chi connectivity index (χ0v) is 35.7. The summed E-state index contributed by atoms with van der Waals surface area (Å²) in [6.45, 7) is 4.80. The average Bonchev–Trinajstić information content (AvgIpc) is 3.17. The molecule has 3 N–H and O–H groups in total. The molecule has 0 aromatic heterocycles. The largest absolute Gasteiger partial charge is 0.466 e. The van der Waals surface area contributed by atoms with Crippen LogP contribution in [0.3, 0.4) is 0 Å². The summed E-state index contributed by atoms with van der Waals surface area (Å²) in [6, 6.07) is -0.560. The van der Waals surface area contributed by atoms with Crippen molar-refractivity contribution in [3.63, 3.8) is 0 Å². The summed E-state index contributed by atoms with van der Waals surface area (Å²) >= 11 is 0. The van der Waals surface area contributed by atoms with E-state index >= 15 is 0 Å². The van der Waals surface area contributed by atoms with Gasteiger partial charge in [0, 0.05) is 12.8 Å². The van der Waals surface area contributed by atoms with Crippen molar-refractivity contribution in [2.24, 2.45) is 0 Å². The summed E-state index contributed by atoms with van der Waals surface area (Å²) in [5, 5.41) is 23.1. The minimum atomic E-state index is -0.680. The van der Waals surface area contributed by atoms with Crippen molar-refractivity contribution in [1.29, 1.82) is 0 Å². The molecule has 0 spiro atoms. The van der Waals surface area contributed by atoms with Crippen LogP contribution in [0.15, 0.2) is 36.5 Å². The number of aliphatic hydroxyl groups is 2. The van der Waals surface area contributed by atoms with Crippen molar-refractivity contribution in [1.82, 2.24) is 5.32 Å². The maximum Gasteiger partial charge on any atom is 0.305 e. The van der Waals surface area contributed by atoms with Crippen LogP contribution < -0.4 is 5.32 Å². The van der Waals surface area contributed by atoms with E-state index < -0.39 is 12.1 Å². The molecule has 316 valence electrons. The van der Waals surface area contributed by atoms with E-state index in [2.05, 4.69) is 55.6 Å². The van der Waals surface area contributed by atoms with E-state index in [-0.39, 0.29) is 18.5 Å². The molecule has 54 heavy (non-hydrogen) atoms. The number of carbonyl (C=O) groups is 2. The number of esters is 1. The summed E-state index contributed by atoms with van der Waals surface area (Å²) in [5.41, 5.74) is 0. The van der Waals surface area contributed by atoms with Gasteiger partial charge in [-0.25, -0.2) is 0 Å². The van der Waals surface area contributed by atoms with Gasteiger partial charge in [-0.05, 0) is 83.5 Å². The Bertz CT molecular complexity index is 884. The minimum absolute atomic E-state index is 0.0391. The van der Waals surface area contributed by atoms with E-state index in [1.165, 1.54) is 109 Å². The Hall–Kier alpha value is -1.92. The monoisotopic (exact) mass is 760 g/mol. The highest BCUT2D eigenvalue weighted by atomic mass is 16.5. The van der Waals surface area contributed by atoms with E-state index in [0.29, 0.717) is 25.9 Å². The van der Waals surface area contributed by atoms with Crippen molar-refractivity contribution >= 4 is 11.9 Å². The van der Waals surface area contributed by atoms with E-state index in [1.807, 2.05) is 0 Å². The average molecular weight is 760 g/mol. The molecule has 0 aliphatic heterocycles. The first-order valence-corrected chi connectivity index (χ1v) is 23.2. The summed E-state index contributed by atoms with van der Waals surface area (Å²) in [7, 11) is 0. The molecule has 0 saturated carbocycles. The lowest BCUT2D eigenvalue weighted by Gasteiger charge is -2.22. The molecular weight excluding hydrogens is 671 g/mol. The van der Waals surface area contributed by atoms with Gasteiger partial charge in [0.2, 0.25) is 5.91 Å². The van der Waals surface area contributed by atoms with Crippen LogP contribution in [0.1, 0.15) is 232 Å². The number of aliphatic hydroxyl groups excluding tert-OH is 2. The van der Waals surface area contributed by atoms with Crippen molar-refractivity contribution in [3.05, 3.63) is 36.5 Å². The van der Waals surface area contributed by atoms with E-state index in [4.69, 9.17) is 4.74 Å². The first-order valence-electron chi connectivity index (χ1n) is 23.2. The Kier molecular flexibility index (Phi) is 42.2. The standard InChI is InChI=1S/C48H89NO5/c1-3-5-7-9-11-13-15-17-22-26-30-34-38-42-48(53)54-43-39-35-31-27-23-19-18-21-25-29-33-37-41-47(52)49-45(44-50)46(51)40-36-32-28-24-20-16-14-12-10-8-6-4-2/h7,9,13,15,19,23,45-46,50-51H,3-6,8,10-12,14,16-18,20-22,24-44H2,1-2H3,(H,49,52)/b9-7-,15-13-,23-19-. The predicted octanol–water partition coefficient (Wildman–Crippen LogP) is 13.3. The Morgan fingerprint density at radius 1 is 0.519 bits per heavy atom. The molecule has 6 heteroatoms. The van der Waals surface area contributed by atoms with Crippen LogP contribution in [0.25, 0.3) is 0 Å². The predicted molar refractivity (Wildman–Crippen MR) is 232 cm³/mol. The van der Waals surface area contributed by atoms with Crippen molar-refractivity contribution < 1.29 is 24.5 Å². The Labute approximate surface area is 334 Å². The van der Waals surface area contributed by atoms with Gasteiger partial charge >= 0.3 is 5.97 Å². The lowest BCUT2D eigenvalue weighted by atomic mass is 10.0. The van der Waals surface area contributed by atoms with Crippen molar-refractivity contribution in [2.75, 3.05) is 13.2 Å². The summed E-state index contributed by atoms with van der Waals surface area (Å²) < 4.78 is 5.42. The number of carbonyl (C=O) groups excluding carboxylic acids is 2. The second-order valence-corrected chi connectivity index (χ2v) is 15.7. The molecule has 0 fully saturated rings. The van der Waals surface area contributed by atoms with Gasteiger partial charge in [-0.2, -0.15) is 0 Å². The second-order valence-electron chi connectivity index (χ2n) is 15.7. The smallest absolute Gasteiger partial charge is 0.305 e. The third-order valence-corrected chi connectivity index (χ3v) is 10.4. The van der Waals surface area contributed by atoms with Crippen LogP contribution in [0.2, 0.25) is 0 Å². The number of hydrogen-bond donors (Lipinski definition) is 3. The fraction of sp³-hybridized carbons (Fsp3) is 0.833. The highest BCUT2D eigenvalue weighted by Crippen LogP contribution is 2.15. The molecule has 0 aromatic carbocycles. The number of amides is 1. The van der Waals surface area contributed by atoms with Crippen LogP contribution in [0.4, 0.5) is 0 Å². The van der Waals surface area contributed by atoms with Gasteiger partial charge in [0.05, 0.1) is 25.4 Å². The SMILES string of the molecule is CCC/C=C\C/C=C\CCCCCCCC(=O)OCCCCC/C=C\CCCCCCCC(=O)NC(CO)C(O)CCCCCCCCCCCCCC. The quantitative estimate of drug-likeness (QED) is 0.0327. The number of ether oxygens (including phenoxy) is 1. The molecule has 0 heterocycles. The molecule has 0 saturated heterocycles. The van der Waals surface area contributed by atoms with Crippen LogP contribution in [-0.4, -0.2) is 47.4 Å². The maximum atomic E-state index is 12.4. The second kappa shape index (κ2) is 43.8. The van der Waals surface area contributed by atoms with E-state index in [9.17, 15) is 19.8 Å². The van der Waals surface area contributed by atoms with Gasteiger partial charge in [-0.1, -0.05) is 172 Å². The lowest BCUT2D eigenvalue weighted by Crippen LogP contribution is -2.45. The number of allylic oxidation sites excluding steroid dienone is 6. The van der Waals surface area contributed by atoms with E-state index in [1.54, 1.807) is 0 Å². The Morgan fingerprint density at radius 3 is 1.50 bits per heavy atom. The first-order chi connectivity index (χ1) is 26.5. The zero-order valence-electron chi connectivity index (χ0n) is 35.7. The highest BCUT2D eigenvalue weighted by Gasteiger charge is 2.20. The Balaban J connectivity index is 3.53. The fourth-order valence-electron chi connectivity index (χ4n) is 6.79. The number of nitrogens with one attached hydrogen (secondary N) is 1. The van der Waals surface area contributed by atoms with E-state index in [0.717, 1.165) is 89.9 Å². The van der Waals surface area contributed by atoms with Gasteiger partial charge in [0.25, 0.3) is 0 Å². The molecule has 1 amide bonds. The Morgan fingerprint density at radius 2 is 0.963 bits per heavy atom. The van der Waals surface area contributed by atoms with Crippen LogP contribution in [0, 0.1) is 0 Å². The normalized spacial score (nSPS) is 13.0. The molecule has 2 unspecified atom stereocenters. The van der Waals surface area contributed by atoms with Gasteiger partial charge in [-0.3, -0.25) is 9.59 Å². The van der Waals surface area contributed by atoms with Crippen molar-refractivity contribution in [3.8, 4) is 0 Å². The molecule has 0 aliphatic rings. The van der Waals surface area contributed by atoms with Crippen LogP contribution in [0.5, 0.6) is 0 Å².